The summed E-state index contributed by atoms with van der Waals surface area (Å²) < 4.78 is 18.1. The Labute approximate surface area is 85.5 Å². The normalized spacial score (nSPS) is 11.5. The summed E-state index contributed by atoms with van der Waals surface area (Å²) in [6, 6.07) is 5.15. The zero-order chi connectivity index (χ0) is 11.4. The Morgan fingerprint density at radius 3 is 2.80 bits per heavy atom. The summed E-state index contributed by atoms with van der Waals surface area (Å²) in [6.45, 7) is 1.50. The molecule has 0 aliphatic heterocycles. The van der Waals surface area contributed by atoms with Gasteiger partial charge in [-0.2, -0.15) is 5.26 Å². The predicted octanol–water partition coefficient (Wildman–Crippen LogP) is 1.81. The van der Waals surface area contributed by atoms with E-state index in [9.17, 15) is 9.18 Å². The molecular formula is C10H8FNO3. The molecule has 0 saturated carbocycles. The fourth-order valence-electron chi connectivity index (χ4n) is 0.973. The third-order valence-electron chi connectivity index (χ3n) is 1.67. The minimum Gasteiger partial charge on any atom is -0.478 e. The molecule has 1 aromatic carbocycles. The number of hydrogen-bond donors (Lipinski definition) is 1. The Morgan fingerprint density at radius 2 is 2.33 bits per heavy atom. The third-order valence-corrected chi connectivity index (χ3v) is 1.67. The van der Waals surface area contributed by atoms with Crippen LogP contribution in [0.4, 0.5) is 4.39 Å². The lowest BCUT2D eigenvalue weighted by Gasteiger charge is -2.07. The zero-order valence-electron chi connectivity index (χ0n) is 7.90. The number of aromatic carboxylic acids is 1. The highest BCUT2D eigenvalue weighted by atomic mass is 19.1. The second-order valence-electron chi connectivity index (χ2n) is 2.84. The number of rotatable bonds is 3. The van der Waals surface area contributed by atoms with Gasteiger partial charge in [0.1, 0.15) is 17.6 Å². The van der Waals surface area contributed by atoms with E-state index in [4.69, 9.17) is 15.1 Å². The van der Waals surface area contributed by atoms with Crippen LogP contribution in [0.3, 0.4) is 0 Å². The topological polar surface area (TPSA) is 70.3 Å². The first-order valence-corrected chi connectivity index (χ1v) is 4.13. The van der Waals surface area contributed by atoms with Gasteiger partial charge in [-0.15, -0.1) is 0 Å². The SMILES string of the molecule is CC(C#N)Oc1ccc(C(=O)O)c(F)c1. The first-order valence-electron chi connectivity index (χ1n) is 4.13. The number of carboxylic acids is 1. The van der Waals surface area contributed by atoms with Gasteiger partial charge in [0.25, 0.3) is 0 Å². The maximum absolute atomic E-state index is 13.1. The van der Waals surface area contributed by atoms with Crippen molar-refractivity contribution in [3.05, 3.63) is 29.6 Å². The largest absolute Gasteiger partial charge is 0.478 e. The van der Waals surface area contributed by atoms with Crippen LogP contribution in [0.25, 0.3) is 0 Å². The van der Waals surface area contributed by atoms with E-state index in [-0.39, 0.29) is 5.75 Å². The highest BCUT2D eigenvalue weighted by Crippen LogP contribution is 2.17. The lowest BCUT2D eigenvalue weighted by Crippen LogP contribution is -2.09. The van der Waals surface area contributed by atoms with Crippen LogP contribution >= 0.6 is 0 Å². The number of nitriles is 1. The Morgan fingerprint density at radius 1 is 1.67 bits per heavy atom. The lowest BCUT2D eigenvalue weighted by atomic mass is 10.2. The van der Waals surface area contributed by atoms with Crippen LogP contribution in [-0.4, -0.2) is 17.2 Å². The molecule has 4 nitrogen and oxygen atoms in total. The van der Waals surface area contributed by atoms with E-state index in [0.717, 1.165) is 12.1 Å². The molecule has 0 heterocycles. The van der Waals surface area contributed by atoms with Crippen molar-refractivity contribution in [3.63, 3.8) is 0 Å². The second kappa shape index (κ2) is 4.42. The van der Waals surface area contributed by atoms with Gasteiger partial charge < -0.3 is 9.84 Å². The Kier molecular flexibility index (Phi) is 3.24. The van der Waals surface area contributed by atoms with Gasteiger partial charge in [-0.3, -0.25) is 0 Å². The van der Waals surface area contributed by atoms with Gasteiger partial charge in [0, 0.05) is 6.07 Å². The minimum absolute atomic E-state index is 0.131. The highest BCUT2D eigenvalue weighted by molar-refractivity contribution is 5.88. The van der Waals surface area contributed by atoms with E-state index in [2.05, 4.69) is 0 Å². The fourth-order valence-corrected chi connectivity index (χ4v) is 0.973. The zero-order valence-corrected chi connectivity index (χ0v) is 7.90. The molecule has 0 saturated heterocycles. The molecule has 0 fully saturated rings. The van der Waals surface area contributed by atoms with Gasteiger partial charge in [0.15, 0.2) is 6.10 Å². The maximum atomic E-state index is 13.1. The number of ether oxygens (including phenoxy) is 1. The molecular weight excluding hydrogens is 201 g/mol. The molecule has 15 heavy (non-hydrogen) atoms. The van der Waals surface area contributed by atoms with Crippen molar-refractivity contribution in [2.24, 2.45) is 0 Å². The molecule has 0 amide bonds. The van der Waals surface area contributed by atoms with Crippen LogP contribution in [0, 0.1) is 17.1 Å². The summed E-state index contributed by atoms with van der Waals surface area (Å²) in [5.74, 6) is -2.09. The summed E-state index contributed by atoms with van der Waals surface area (Å²) in [7, 11) is 0. The van der Waals surface area contributed by atoms with Crippen LogP contribution in [0.1, 0.15) is 17.3 Å². The molecule has 0 spiro atoms. The summed E-state index contributed by atoms with van der Waals surface area (Å²) in [5, 5.41) is 17.0. The van der Waals surface area contributed by atoms with Crippen molar-refractivity contribution >= 4 is 5.97 Å². The van der Waals surface area contributed by atoms with Crippen LogP contribution in [-0.2, 0) is 0 Å². The van der Waals surface area contributed by atoms with Crippen LogP contribution in [0.2, 0.25) is 0 Å². The van der Waals surface area contributed by atoms with Gasteiger partial charge in [-0.1, -0.05) is 0 Å². The van der Waals surface area contributed by atoms with E-state index >= 15 is 0 Å². The number of benzene rings is 1. The van der Waals surface area contributed by atoms with Gasteiger partial charge >= 0.3 is 5.97 Å². The molecule has 0 aliphatic rings. The first kappa shape index (κ1) is 11.0. The van der Waals surface area contributed by atoms with Crippen molar-refractivity contribution in [1.29, 1.82) is 5.26 Å². The molecule has 1 aromatic rings. The third kappa shape index (κ3) is 2.68. The fraction of sp³-hybridized carbons (Fsp3) is 0.200. The molecule has 1 N–H and O–H groups in total. The Hall–Kier alpha value is -2.09. The standard InChI is InChI=1S/C10H8FNO3/c1-6(5-12)15-7-2-3-8(10(13)14)9(11)4-7/h2-4,6H,1H3,(H,13,14). The molecule has 0 radical (unpaired) electrons. The van der Waals surface area contributed by atoms with Gasteiger partial charge in [-0.05, 0) is 19.1 Å². The quantitative estimate of drug-likeness (QED) is 0.824. The summed E-state index contributed by atoms with van der Waals surface area (Å²) >= 11 is 0. The summed E-state index contributed by atoms with van der Waals surface area (Å²) in [6.07, 6.45) is -0.708. The number of carbonyl (C=O) groups is 1. The maximum Gasteiger partial charge on any atom is 0.338 e. The predicted molar refractivity (Wildman–Crippen MR) is 49.1 cm³/mol. The number of carboxylic acid groups (broad SMARTS) is 1. The molecule has 78 valence electrons. The molecule has 0 aromatic heterocycles. The van der Waals surface area contributed by atoms with Gasteiger partial charge in [0.05, 0.1) is 5.56 Å². The van der Waals surface area contributed by atoms with Crippen molar-refractivity contribution in [3.8, 4) is 11.8 Å². The van der Waals surface area contributed by atoms with Crippen molar-refractivity contribution < 1.29 is 19.0 Å². The van der Waals surface area contributed by atoms with Gasteiger partial charge in [0.2, 0.25) is 0 Å². The van der Waals surface area contributed by atoms with E-state index in [1.165, 1.54) is 13.0 Å². The molecule has 0 bridgehead atoms. The summed E-state index contributed by atoms with van der Waals surface area (Å²) in [5.41, 5.74) is -0.424. The minimum atomic E-state index is -1.34. The van der Waals surface area contributed by atoms with E-state index in [1.807, 2.05) is 6.07 Å². The molecule has 1 unspecified atom stereocenters. The lowest BCUT2D eigenvalue weighted by molar-refractivity contribution is 0.0692. The average Bonchev–Trinajstić information content (AvgIpc) is 2.17. The Bertz CT molecular complexity index is 425. The monoisotopic (exact) mass is 209 g/mol. The average molecular weight is 209 g/mol. The first-order chi connectivity index (χ1) is 7.04. The molecule has 1 rings (SSSR count). The number of hydrogen-bond acceptors (Lipinski definition) is 3. The van der Waals surface area contributed by atoms with Crippen LogP contribution in [0.5, 0.6) is 5.75 Å². The molecule has 1 atom stereocenters. The summed E-state index contributed by atoms with van der Waals surface area (Å²) in [4.78, 5) is 10.5. The molecule has 5 heteroatoms. The molecule has 0 aliphatic carbocycles. The van der Waals surface area contributed by atoms with Gasteiger partial charge in [-0.25, -0.2) is 9.18 Å². The highest BCUT2D eigenvalue weighted by Gasteiger charge is 2.11. The smallest absolute Gasteiger partial charge is 0.338 e. The van der Waals surface area contributed by atoms with E-state index < -0.39 is 23.5 Å². The van der Waals surface area contributed by atoms with E-state index in [0.29, 0.717) is 0 Å². The number of halogens is 1. The van der Waals surface area contributed by atoms with E-state index in [1.54, 1.807) is 0 Å². The Balaban J connectivity index is 2.93. The van der Waals surface area contributed by atoms with Crippen molar-refractivity contribution in [2.75, 3.05) is 0 Å². The number of nitrogens with zero attached hydrogens (tertiary/aromatic N) is 1. The van der Waals surface area contributed by atoms with Crippen molar-refractivity contribution in [2.45, 2.75) is 13.0 Å². The second-order valence-corrected chi connectivity index (χ2v) is 2.84. The van der Waals surface area contributed by atoms with Crippen molar-refractivity contribution in [1.82, 2.24) is 0 Å². The van der Waals surface area contributed by atoms with Crippen LogP contribution < -0.4 is 4.74 Å². The van der Waals surface area contributed by atoms with Crippen LogP contribution in [0.15, 0.2) is 18.2 Å².